The first-order valence-electron chi connectivity index (χ1n) is 3.88. The molecular weight excluding hydrogens is 138 g/mol. The van der Waals surface area contributed by atoms with Gasteiger partial charge in [0.15, 0.2) is 0 Å². The highest BCUT2D eigenvalue weighted by molar-refractivity contribution is 5.19. The number of hydrogen-bond acceptors (Lipinski definition) is 3. The van der Waals surface area contributed by atoms with E-state index in [2.05, 4.69) is 15.3 Å². The molecule has 0 saturated carbocycles. The lowest BCUT2D eigenvalue weighted by Gasteiger charge is -2.14. The summed E-state index contributed by atoms with van der Waals surface area (Å²) >= 11 is 0. The largest absolute Gasteiger partial charge is 0.311 e. The lowest BCUT2D eigenvalue weighted by molar-refractivity contribution is 0.619. The van der Waals surface area contributed by atoms with E-state index in [4.69, 9.17) is 0 Å². The molecular formula is C8H11N3. The highest BCUT2D eigenvalue weighted by Crippen LogP contribution is 2.08. The summed E-state index contributed by atoms with van der Waals surface area (Å²) < 4.78 is 0. The zero-order valence-corrected chi connectivity index (χ0v) is 6.59. The second-order valence-electron chi connectivity index (χ2n) is 2.82. The number of nitrogens with zero attached hydrogens (tertiary/aromatic N) is 2. The number of nitrogens with one attached hydrogen (secondary N) is 1. The normalized spacial score (nSPS) is 16.1. The molecule has 11 heavy (non-hydrogen) atoms. The summed E-state index contributed by atoms with van der Waals surface area (Å²) in [5, 5.41) is 3.28. The molecule has 0 spiro atoms. The molecule has 3 nitrogen and oxygen atoms in total. The molecule has 0 aromatic carbocycles. The maximum absolute atomic E-state index is 4.34. The van der Waals surface area contributed by atoms with Crippen LogP contribution in [0.25, 0.3) is 0 Å². The van der Waals surface area contributed by atoms with Gasteiger partial charge in [0.2, 0.25) is 0 Å². The maximum Gasteiger partial charge on any atom is 0.125 e. The van der Waals surface area contributed by atoms with Crippen LogP contribution in [0.15, 0.2) is 6.20 Å². The Morgan fingerprint density at radius 3 is 3.36 bits per heavy atom. The van der Waals surface area contributed by atoms with Gasteiger partial charge in [0.1, 0.15) is 5.82 Å². The van der Waals surface area contributed by atoms with Crippen LogP contribution in [0, 0.1) is 6.92 Å². The fourth-order valence-electron chi connectivity index (χ4n) is 1.33. The van der Waals surface area contributed by atoms with E-state index >= 15 is 0 Å². The van der Waals surface area contributed by atoms with Crippen molar-refractivity contribution >= 4 is 0 Å². The number of rotatable bonds is 0. The summed E-state index contributed by atoms with van der Waals surface area (Å²) in [6.07, 6.45) is 3.01. The molecule has 1 aromatic heterocycles. The van der Waals surface area contributed by atoms with Gasteiger partial charge in [-0.2, -0.15) is 0 Å². The van der Waals surface area contributed by atoms with Gasteiger partial charge in [0.25, 0.3) is 0 Å². The third-order valence-electron chi connectivity index (χ3n) is 1.94. The monoisotopic (exact) mass is 149 g/mol. The standard InChI is InChI=1S/C8H11N3/c1-6-10-4-7-2-3-9-5-8(7)11-6/h4,9H,2-3,5H2,1H3. The predicted octanol–water partition coefficient (Wildman–Crippen LogP) is 0.431. The molecule has 0 atom stereocenters. The number of hydrogen-bond donors (Lipinski definition) is 1. The minimum atomic E-state index is 0.868. The van der Waals surface area contributed by atoms with Gasteiger partial charge in [0, 0.05) is 12.7 Å². The summed E-state index contributed by atoms with van der Waals surface area (Å²) in [6, 6.07) is 0. The van der Waals surface area contributed by atoms with Crippen molar-refractivity contribution < 1.29 is 0 Å². The van der Waals surface area contributed by atoms with Crippen LogP contribution < -0.4 is 5.32 Å². The lowest BCUT2D eigenvalue weighted by Crippen LogP contribution is -2.25. The zero-order valence-electron chi connectivity index (χ0n) is 6.59. The fraction of sp³-hybridized carbons (Fsp3) is 0.500. The number of aromatic nitrogens is 2. The van der Waals surface area contributed by atoms with E-state index in [1.807, 2.05) is 13.1 Å². The van der Waals surface area contributed by atoms with Crippen molar-refractivity contribution in [3.63, 3.8) is 0 Å². The maximum atomic E-state index is 4.34. The first-order chi connectivity index (χ1) is 5.36. The third-order valence-corrected chi connectivity index (χ3v) is 1.94. The summed E-state index contributed by atoms with van der Waals surface area (Å²) in [5.41, 5.74) is 2.47. The number of aryl methyl sites for hydroxylation is 1. The van der Waals surface area contributed by atoms with E-state index in [9.17, 15) is 0 Å². The van der Waals surface area contributed by atoms with Gasteiger partial charge in [-0.15, -0.1) is 0 Å². The molecule has 2 heterocycles. The molecule has 58 valence electrons. The second-order valence-corrected chi connectivity index (χ2v) is 2.82. The smallest absolute Gasteiger partial charge is 0.125 e. The average molecular weight is 149 g/mol. The molecule has 1 N–H and O–H groups in total. The highest BCUT2D eigenvalue weighted by atomic mass is 14.9. The predicted molar refractivity (Wildman–Crippen MR) is 42.2 cm³/mol. The average Bonchev–Trinajstić information content (AvgIpc) is 2.04. The Morgan fingerprint density at radius 2 is 2.45 bits per heavy atom. The van der Waals surface area contributed by atoms with E-state index in [-0.39, 0.29) is 0 Å². The molecule has 0 aliphatic carbocycles. The van der Waals surface area contributed by atoms with Crippen molar-refractivity contribution in [3.05, 3.63) is 23.3 Å². The van der Waals surface area contributed by atoms with Gasteiger partial charge in [-0.1, -0.05) is 0 Å². The Labute approximate surface area is 65.9 Å². The van der Waals surface area contributed by atoms with Crippen molar-refractivity contribution in [1.29, 1.82) is 0 Å². The molecule has 0 saturated heterocycles. The van der Waals surface area contributed by atoms with Crippen molar-refractivity contribution in [2.45, 2.75) is 19.9 Å². The summed E-state index contributed by atoms with van der Waals surface area (Å²) in [6.45, 7) is 3.88. The number of fused-ring (bicyclic) bond motifs is 1. The third kappa shape index (κ3) is 1.24. The van der Waals surface area contributed by atoms with Crippen LogP contribution in [0.5, 0.6) is 0 Å². The van der Waals surface area contributed by atoms with Gasteiger partial charge in [0.05, 0.1) is 5.69 Å². The molecule has 0 bridgehead atoms. The van der Waals surface area contributed by atoms with Crippen LogP contribution in [0.3, 0.4) is 0 Å². The van der Waals surface area contributed by atoms with Gasteiger partial charge < -0.3 is 5.32 Å². The van der Waals surface area contributed by atoms with Crippen molar-refractivity contribution in [3.8, 4) is 0 Å². The Bertz CT molecular complexity index is 270. The van der Waals surface area contributed by atoms with Crippen LogP contribution in [0.2, 0.25) is 0 Å². The van der Waals surface area contributed by atoms with Crippen molar-refractivity contribution in [2.24, 2.45) is 0 Å². The van der Waals surface area contributed by atoms with Gasteiger partial charge in [-0.25, -0.2) is 9.97 Å². The lowest BCUT2D eigenvalue weighted by atomic mass is 10.1. The highest BCUT2D eigenvalue weighted by Gasteiger charge is 2.09. The van der Waals surface area contributed by atoms with Crippen LogP contribution in [-0.4, -0.2) is 16.5 Å². The molecule has 0 unspecified atom stereocenters. The molecule has 0 radical (unpaired) electrons. The topological polar surface area (TPSA) is 37.8 Å². The Morgan fingerprint density at radius 1 is 1.55 bits per heavy atom. The summed E-state index contributed by atoms with van der Waals surface area (Å²) in [7, 11) is 0. The first-order valence-corrected chi connectivity index (χ1v) is 3.88. The molecule has 0 amide bonds. The van der Waals surface area contributed by atoms with E-state index in [0.29, 0.717) is 0 Å². The van der Waals surface area contributed by atoms with Crippen LogP contribution in [0.4, 0.5) is 0 Å². The second kappa shape index (κ2) is 2.58. The minimum Gasteiger partial charge on any atom is -0.311 e. The molecule has 0 fully saturated rings. The van der Waals surface area contributed by atoms with Crippen molar-refractivity contribution in [2.75, 3.05) is 6.54 Å². The SMILES string of the molecule is Cc1ncc2c(n1)CNCC2. The molecule has 3 heteroatoms. The van der Waals surface area contributed by atoms with E-state index < -0.39 is 0 Å². The molecule has 1 aliphatic heterocycles. The van der Waals surface area contributed by atoms with Gasteiger partial charge >= 0.3 is 0 Å². The van der Waals surface area contributed by atoms with E-state index in [1.54, 1.807) is 0 Å². The van der Waals surface area contributed by atoms with Crippen LogP contribution in [0.1, 0.15) is 17.1 Å². The molecule has 2 rings (SSSR count). The molecule has 1 aliphatic rings. The quantitative estimate of drug-likeness (QED) is 0.581. The minimum absolute atomic E-state index is 0.868. The fourth-order valence-corrected chi connectivity index (χ4v) is 1.33. The van der Waals surface area contributed by atoms with Gasteiger partial charge in [-0.3, -0.25) is 0 Å². The van der Waals surface area contributed by atoms with Crippen LogP contribution in [-0.2, 0) is 13.0 Å². The zero-order chi connectivity index (χ0) is 7.68. The van der Waals surface area contributed by atoms with Crippen molar-refractivity contribution in [1.82, 2.24) is 15.3 Å². The summed E-state index contributed by atoms with van der Waals surface area (Å²) in [4.78, 5) is 8.49. The van der Waals surface area contributed by atoms with E-state index in [1.165, 1.54) is 11.3 Å². The van der Waals surface area contributed by atoms with Gasteiger partial charge in [-0.05, 0) is 25.5 Å². The Balaban J connectivity index is 2.43. The van der Waals surface area contributed by atoms with E-state index in [0.717, 1.165) is 25.3 Å². The Kier molecular flexibility index (Phi) is 1.58. The summed E-state index contributed by atoms with van der Waals surface area (Å²) in [5.74, 6) is 0.868. The van der Waals surface area contributed by atoms with Crippen LogP contribution >= 0.6 is 0 Å². The first kappa shape index (κ1) is 6.73. The molecule has 1 aromatic rings. The Hall–Kier alpha value is -0.960.